The highest BCUT2D eigenvalue weighted by Gasteiger charge is 2.22. The molecule has 0 bridgehead atoms. The number of nitrogens with zero attached hydrogens (tertiary/aromatic N) is 2. The second-order valence-corrected chi connectivity index (χ2v) is 8.34. The Morgan fingerprint density at radius 3 is 2.35 bits per heavy atom. The van der Waals surface area contributed by atoms with E-state index in [4.69, 9.17) is 0 Å². The molecule has 140 valence electrons. The van der Waals surface area contributed by atoms with Gasteiger partial charge in [-0.25, -0.2) is 8.42 Å². The first kappa shape index (κ1) is 19.9. The molecule has 0 saturated heterocycles. The van der Waals surface area contributed by atoms with E-state index < -0.39 is 10.0 Å². The third-order valence-electron chi connectivity index (χ3n) is 4.02. The zero-order valence-corrected chi connectivity index (χ0v) is 16.4. The van der Waals surface area contributed by atoms with Gasteiger partial charge in [0.2, 0.25) is 15.9 Å². The number of benzene rings is 1. The number of aryl methyl sites for hydroxylation is 3. The molecule has 1 N–H and O–H groups in total. The normalized spacial score (nSPS) is 11.2. The average Bonchev–Trinajstić information content (AvgIpc) is 2.55. The molecule has 1 aromatic carbocycles. The highest BCUT2D eigenvalue weighted by Crippen LogP contribution is 2.28. The number of carbonyl (C=O) groups is 1. The number of carbonyl (C=O) groups excluding carboxylic acids is 1. The fourth-order valence-electron chi connectivity index (χ4n) is 2.99. The SMILES string of the molecule is Cc1cc(C)c(N(CCC(=O)NCc2ccccn2)S(C)(=O)=O)c(C)c1. The van der Waals surface area contributed by atoms with E-state index in [2.05, 4.69) is 10.3 Å². The van der Waals surface area contributed by atoms with E-state index in [1.165, 1.54) is 4.31 Å². The summed E-state index contributed by atoms with van der Waals surface area (Å²) in [5.74, 6) is -0.216. The summed E-state index contributed by atoms with van der Waals surface area (Å²) in [5.41, 5.74) is 4.23. The maximum Gasteiger partial charge on any atom is 0.232 e. The van der Waals surface area contributed by atoms with Crippen LogP contribution >= 0.6 is 0 Å². The summed E-state index contributed by atoms with van der Waals surface area (Å²) in [5, 5.41) is 2.77. The highest BCUT2D eigenvalue weighted by atomic mass is 32.2. The third kappa shape index (κ3) is 5.29. The summed E-state index contributed by atoms with van der Waals surface area (Å²) in [6.45, 7) is 6.15. The van der Waals surface area contributed by atoms with Gasteiger partial charge in [0.1, 0.15) is 0 Å². The molecule has 7 heteroatoms. The Kier molecular flexibility index (Phi) is 6.37. The molecular formula is C19H25N3O3S. The van der Waals surface area contributed by atoms with Crippen molar-refractivity contribution in [1.82, 2.24) is 10.3 Å². The van der Waals surface area contributed by atoms with E-state index in [0.29, 0.717) is 12.2 Å². The van der Waals surface area contributed by atoms with Gasteiger partial charge in [0.15, 0.2) is 0 Å². The lowest BCUT2D eigenvalue weighted by molar-refractivity contribution is -0.121. The first-order valence-corrected chi connectivity index (χ1v) is 10.3. The molecule has 6 nitrogen and oxygen atoms in total. The summed E-state index contributed by atoms with van der Waals surface area (Å²) in [6, 6.07) is 9.37. The lowest BCUT2D eigenvalue weighted by atomic mass is 10.1. The molecular weight excluding hydrogens is 350 g/mol. The van der Waals surface area contributed by atoms with Crippen LogP contribution in [-0.2, 0) is 21.4 Å². The fraction of sp³-hybridized carbons (Fsp3) is 0.368. The van der Waals surface area contributed by atoms with Crippen molar-refractivity contribution in [1.29, 1.82) is 0 Å². The number of rotatable bonds is 7. The molecule has 0 aliphatic heterocycles. The van der Waals surface area contributed by atoms with Crippen molar-refractivity contribution in [2.45, 2.75) is 33.7 Å². The van der Waals surface area contributed by atoms with Gasteiger partial charge in [-0.05, 0) is 44.0 Å². The molecule has 26 heavy (non-hydrogen) atoms. The van der Waals surface area contributed by atoms with Gasteiger partial charge < -0.3 is 5.32 Å². The predicted octanol–water partition coefficient (Wildman–Crippen LogP) is 2.48. The third-order valence-corrected chi connectivity index (χ3v) is 5.19. The zero-order valence-electron chi connectivity index (χ0n) is 15.6. The summed E-state index contributed by atoms with van der Waals surface area (Å²) in [6.07, 6.45) is 2.90. The molecule has 0 saturated carbocycles. The van der Waals surface area contributed by atoms with Crippen molar-refractivity contribution in [3.8, 4) is 0 Å². The number of nitrogens with one attached hydrogen (secondary N) is 1. The molecule has 0 radical (unpaired) electrons. The van der Waals surface area contributed by atoms with Crippen molar-refractivity contribution >= 4 is 21.6 Å². The maximum atomic E-state index is 12.3. The minimum atomic E-state index is -3.50. The quantitative estimate of drug-likeness (QED) is 0.806. The number of amides is 1. The zero-order chi connectivity index (χ0) is 19.3. The highest BCUT2D eigenvalue weighted by molar-refractivity contribution is 7.92. The second-order valence-electron chi connectivity index (χ2n) is 6.43. The van der Waals surface area contributed by atoms with Gasteiger partial charge in [0.25, 0.3) is 0 Å². The van der Waals surface area contributed by atoms with Gasteiger partial charge >= 0.3 is 0 Å². The van der Waals surface area contributed by atoms with Gasteiger partial charge in [-0.15, -0.1) is 0 Å². The molecule has 1 heterocycles. The van der Waals surface area contributed by atoms with E-state index in [9.17, 15) is 13.2 Å². The lowest BCUT2D eigenvalue weighted by Gasteiger charge is -2.26. The van der Waals surface area contributed by atoms with Gasteiger partial charge in [-0.1, -0.05) is 23.8 Å². The Balaban J connectivity index is 2.09. The standard InChI is InChI=1S/C19H25N3O3S/c1-14-11-15(2)19(16(3)12-14)22(26(4,24)25)10-8-18(23)21-13-17-7-5-6-9-20-17/h5-7,9,11-12H,8,10,13H2,1-4H3,(H,21,23). The summed E-state index contributed by atoms with van der Waals surface area (Å²) < 4.78 is 25.9. The smallest absolute Gasteiger partial charge is 0.232 e. The van der Waals surface area contributed by atoms with Crippen LogP contribution in [0.2, 0.25) is 0 Å². The van der Waals surface area contributed by atoms with Gasteiger partial charge in [-0.3, -0.25) is 14.1 Å². The van der Waals surface area contributed by atoms with Crippen LogP contribution < -0.4 is 9.62 Å². The monoisotopic (exact) mass is 375 g/mol. The number of pyridine rings is 1. The molecule has 2 aromatic rings. The van der Waals surface area contributed by atoms with Crippen molar-refractivity contribution in [2.75, 3.05) is 17.1 Å². The van der Waals surface area contributed by atoms with Crippen LogP contribution in [0.25, 0.3) is 0 Å². The number of hydrogen-bond acceptors (Lipinski definition) is 4. The largest absolute Gasteiger partial charge is 0.350 e. The molecule has 0 spiro atoms. The van der Waals surface area contributed by atoms with Gasteiger partial charge in [0.05, 0.1) is 24.2 Å². The molecule has 0 aliphatic carbocycles. The van der Waals surface area contributed by atoms with E-state index in [0.717, 1.165) is 28.6 Å². The van der Waals surface area contributed by atoms with Crippen LogP contribution in [-0.4, -0.2) is 32.1 Å². The minimum absolute atomic E-state index is 0.0761. The molecule has 0 atom stereocenters. The number of hydrogen-bond donors (Lipinski definition) is 1. The van der Waals surface area contributed by atoms with Crippen LogP contribution in [0, 0.1) is 20.8 Å². The van der Waals surface area contributed by atoms with E-state index in [1.807, 2.05) is 51.1 Å². The summed E-state index contributed by atoms with van der Waals surface area (Å²) in [7, 11) is -3.50. The molecule has 2 rings (SSSR count). The molecule has 0 fully saturated rings. The lowest BCUT2D eigenvalue weighted by Crippen LogP contribution is -2.35. The van der Waals surface area contributed by atoms with Crippen molar-refractivity contribution in [2.24, 2.45) is 0 Å². The second kappa shape index (κ2) is 8.31. The molecule has 0 unspecified atom stereocenters. The molecule has 0 aliphatic rings. The topological polar surface area (TPSA) is 79.4 Å². The Hall–Kier alpha value is -2.41. The van der Waals surface area contributed by atoms with Crippen molar-refractivity contribution in [3.05, 3.63) is 58.9 Å². The summed E-state index contributed by atoms with van der Waals surface area (Å²) in [4.78, 5) is 16.3. The van der Waals surface area contributed by atoms with Crippen LogP contribution in [0.5, 0.6) is 0 Å². The van der Waals surface area contributed by atoms with Crippen molar-refractivity contribution < 1.29 is 13.2 Å². The number of aromatic nitrogens is 1. The Bertz CT molecular complexity index is 857. The van der Waals surface area contributed by atoms with Crippen LogP contribution in [0.1, 0.15) is 28.8 Å². The first-order valence-electron chi connectivity index (χ1n) is 8.40. The van der Waals surface area contributed by atoms with Gasteiger partial charge in [-0.2, -0.15) is 0 Å². The Morgan fingerprint density at radius 1 is 1.15 bits per heavy atom. The number of sulfonamides is 1. The van der Waals surface area contributed by atoms with E-state index in [-0.39, 0.29) is 18.9 Å². The molecule has 1 aromatic heterocycles. The minimum Gasteiger partial charge on any atom is -0.350 e. The van der Waals surface area contributed by atoms with Crippen molar-refractivity contribution in [3.63, 3.8) is 0 Å². The Morgan fingerprint density at radius 2 is 1.81 bits per heavy atom. The van der Waals surface area contributed by atoms with Crippen LogP contribution in [0.3, 0.4) is 0 Å². The van der Waals surface area contributed by atoms with Crippen LogP contribution in [0.15, 0.2) is 36.5 Å². The number of anilines is 1. The first-order chi connectivity index (χ1) is 12.2. The predicted molar refractivity (Wildman–Crippen MR) is 104 cm³/mol. The van der Waals surface area contributed by atoms with Crippen LogP contribution in [0.4, 0.5) is 5.69 Å². The molecule has 1 amide bonds. The van der Waals surface area contributed by atoms with E-state index >= 15 is 0 Å². The average molecular weight is 375 g/mol. The van der Waals surface area contributed by atoms with Gasteiger partial charge in [0, 0.05) is 19.2 Å². The Labute approximate surface area is 155 Å². The fourth-order valence-corrected chi connectivity index (χ4v) is 4.04. The maximum absolute atomic E-state index is 12.3. The van der Waals surface area contributed by atoms with E-state index in [1.54, 1.807) is 6.20 Å². The summed E-state index contributed by atoms with van der Waals surface area (Å²) >= 11 is 0.